The highest BCUT2D eigenvalue weighted by Gasteiger charge is 2.30. The van der Waals surface area contributed by atoms with E-state index >= 15 is 0 Å². The number of nitriles is 1. The van der Waals surface area contributed by atoms with Crippen LogP contribution in [-0.2, 0) is 28.9 Å². The second-order valence-electron chi connectivity index (χ2n) is 8.01. The number of morpholine rings is 1. The molecule has 0 bridgehead atoms. The van der Waals surface area contributed by atoms with E-state index in [4.69, 9.17) is 31.1 Å². The Morgan fingerprint density at radius 1 is 1.11 bits per heavy atom. The van der Waals surface area contributed by atoms with Crippen LogP contribution in [0.4, 0.5) is 13.2 Å². The van der Waals surface area contributed by atoms with E-state index in [-0.39, 0.29) is 18.2 Å². The first-order chi connectivity index (χ1) is 18.3. The van der Waals surface area contributed by atoms with E-state index in [0.717, 1.165) is 36.6 Å². The van der Waals surface area contributed by atoms with E-state index in [9.17, 15) is 13.2 Å². The standard InChI is InChI=1S/C25H23ClF3N3O3S.C2H6/c26-21-13-20(6-3-18(21)14-30)35-16-23-22(15-34-12-9-32-7-10-33-11-8-32)31-24(36-23)17-1-4-19(5-2-17)25(27,28)29;1-2/h1-6,13H,7-12,15-16H2;1-2H3. The summed E-state index contributed by atoms with van der Waals surface area (Å²) in [6.07, 6.45) is -4.40. The van der Waals surface area contributed by atoms with Gasteiger partial charge in [0.05, 0.1) is 53.1 Å². The molecule has 1 aliphatic rings. The van der Waals surface area contributed by atoms with Crippen LogP contribution >= 0.6 is 22.9 Å². The number of aromatic nitrogens is 1. The molecule has 11 heteroatoms. The van der Waals surface area contributed by atoms with Crippen molar-refractivity contribution in [1.29, 1.82) is 5.26 Å². The van der Waals surface area contributed by atoms with Gasteiger partial charge in [-0.25, -0.2) is 4.98 Å². The maximum atomic E-state index is 13.0. The number of alkyl halides is 3. The number of thiazole rings is 1. The Morgan fingerprint density at radius 2 is 1.82 bits per heavy atom. The van der Waals surface area contributed by atoms with Crippen LogP contribution in [0.2, 0.25) is 5.02 Å². The monoisotopic (exact) mass is 567 g/mol. The number of hydrogen-bond acceptors (Lipinski definition) is 7. The van der Waals surface area contributed by atoms with Crippen LogP contribution in [0.25, 0.3) is 10.6 Å². The Labute approximate surface area is 229 Å². The van der Waals surface area contributed by atoms with E-state index in [1.165, 1.54) is 23.5 Å². The molecule has 0 saturated carbocycles. The summed E-state index contributed by atoms with van der Waals surface area (Å²) < 4.78 is 56.0. The minimum Gasteiger partial charge on any atom is -0.488 e. The lowest BCUT2D eigenvalue weighted by atomic mass is 10.1. The largest absolute Gasteiger partial charge is 0.488 e. The molecule has 0 unspecified atom stereocenters. The minimum absolute atomic E-state index is 0.169. The van der Waals surface area contributed by atoms with Crippen molar-refractivity contribution < 1.29 is 27.4 Å². The lowest BCUT2D eigenvalue weighted by molar-refractivity contribution is -0.137. The van der Waals surface area contributed by atoms with Gasteiger partial charge in [-0.15, -0.1) is 11.3 Å². The van der Waals surface area contributed by atoms with Gasteiger partial charge >= 0.3 is 6.18 Å². The maximum absolute atomic E-state index is 13.0. The quantitative estimate of drug-likeness (QED) is 0.265. The van der Waals surface area contributed by atoms with Crippen LogP contribution in [0.5, 0.6) is 5.75 Å². The molecule has 0 amide bonds. The SMILES string of the molecule is CC.N#Cc1ccc(OCc2sc(-c3ccc(C(F)(F)F)cc3)nc2COCCN2CCOCC2)cc1Cl. The van der Waals surface area contributed by atoms with Crippen LogP contribution in [-0.4, -0.2) is 49.3 Å². The number of benzene rings is 2. The third-order valence-corrected chi connectivity index (χ3v) is 7.00. The zero-order valence-electron chi connectivity index (χ0n) is 21.2. The first kappa shape index (κ1) is 29.9. The fraction of sp³-hybridized carbons (Fsp3) is 0.407. The number of rotatable bonds is 9. The molecule has 6 nitrogen and oxygen atoms in total. The fourth-order valence-electron chi connectivity index (χ4n) is 3.55. The van der Waals surface area contributed by atoms with Crippen molar-refractivity contribution >= 4 is 22.9 Å². The summed E-state index contributed by atoms with van der Waals surface area (Å²) in [5, 5.41) is 9.91. The Balaban J connectivity index is 0.00000195. The van der Waals surface area contributed by atoms with E-state index < -0.39 is 11.7 Å². The molecule has 1 aliphatic heterocycles. The van der Waals surface area contributed by atoms with Crippen molar-refractivity contribution in [3.63, 3.8) is 0 Å². The maximum Gasteiger partial charge on any atom is 0.416 e. The Kier molecular flexibility index (Phi) is 11.4. The lowest BCUT2D eigenvalue weighted by Gasteiger charge is -2.26. The average Bonchev–Trinajstić information content (AvgIpc) is 3.34. The van der Waals surface area contributed by atoms with Gasteiger partial charge in [0.15, 0.2) is 0 Å². The molecule has 0 radical (unpaired) electrons. The zero-order chi connectivity index (χ0) is 27.5. The third-order valence-electron chi connectivity index (χ3n) is 5.56. The first-order valence-corrected chi connectivity index (χ1v) is 13.4. The van der Waals surface area contributed by atoms with E-state index in [1.54, 1.807) is 18.2 Å². The molecule has 1 aromatic heterocycles. The molecule has 204 valence electrons. The summed E-state index contributed by atoms with van der Waals surface area (Å²) in [4.78, 5) is 7.69. The Morgan fingerprint density at radius 3 is 2.45 bits per heavy atom. The predicted octanol–water partition coefficient (Wildman–Crippen LogP) is 6.81. The topological polar surface area (TPSA) is 67.6 Å². The second-order valence-corrected chi connectivity index (χ2v) is 9.50. The molecule has 0 aliphatic carbocycles. The molecule has 1 fully saturated rings. The summed E-state index contributed by atoms with van der Waals surface area (Å²) in [6.45, 7) is 8.85. The molecule has 0 atom stereocenters. The van der Waals surface area contributed by atoms with Gasteiger partial charge in [0.25, 0.3) is 0 Å². The summed E-state index contributed by atoms with van der Waals surface area (Å²) >= 11 is 7.43. The molecule has 2 heterocycles. The summed E-state index contributed by atoms with van der Waals surface area (Å²) in [5.41, 5.74) is 0.878. The van der Waals surface area contributed by atoms with Crippen LogP contribution in [0.3, 0.4) is 0 Å². The lowest BCUT2D eigenvalue weighted by Crippen LogP contribution is -2.38. The first-order valence-electron chi connectivity index (χ1n) is 12.2. The number of ether oxygens (including phenoxy) is 3. The summed E-state index contributed by atoms with van der Waals surface area (Å²) in [6, 6.07) is 11.7. The Bertz CT molecular complexity index is 1210. The predicted molar refractivity (Wildman–Crippen MR) is 141 cm³/mol. The van der Waals surface area contributed by atoms with E-state index in [1.807, 2.05) is 19.9 Å². The van der Waals surface area contributed by atoms with Crippen molar-refractivity contribution in [3.05, 3.63) is 69.2 Å². The van der Waals surface area contributed by atoms with Crippen molar-refractivity contribution in [2.75, 3.05) is 39.5 Å². The summed E-state index contributed by atoms with van der Waals surface area (Å²) in [5.74, 6) is 0.489. The number of hydrogen-bond donors (Lipinski definition) is 0. The van der Waals surface area contributed by atoms with E-state index in [0.29, 0.717) is 47.4 Å². The van der Waals surface area contributed by atoms with Gasteiger partial charge in [0, 0.05) is 31.3 Å². The number of halogens is 4. The van der Waals surface area contributed by atoms with Crippen LogP contribution < -0.4 is 4.74 Å². The van der Waals surface area contributed by atoms with Crippen LogP contribution in [0.1, 0.15) is 35.5 Å². The fourth-order valence-corrected chi connectivity index (χ4v) is 4.74. The molecule has 2 aromatic carbocycles. The highest BCUT2D eigenvalue weighted by Crippen LogP contribution is 2.34. The molecule has 1 saturated heterocycles. The van der Waals surface area contributed by atoms with Crippen molar-refractivity contribution in [3.8, 4) is 22.4 Å². The normalized spacial score (nSPS) is 13.9. The van der Waals surface area contributed by atoms with Gasteiger partial charge in [-0.1, -0.05) is 37.6 Å². The zero-order valence-corrected chi connectivity index (χ0v) is 22.8. The molecule has 38 heavy (non-hydrogen) atoms. The smallest absolute Gasteiger partial charge is 0.416 e. The second kappa shape index (κ2) is 14.5. The molecule has 0 spiro atoms. The van der Waals surface area contributed by atoms with Crippen LogP contribution in [0, 0.1) is 11.3 Å². The van der Waals surface area contributed by atoms with Gasteiger partial charge in [0.2, 0.25) is 0 Å². The number of nitrogens with zero attached hydrogens (tertiary/aromatic N) is 3. The summed E-state index contributed by atoms with van der Waals surface area (Å²) in [7, 11) is 0. The van der Waals surface area contributed by atoms with Gasteiger partial charge in [-0.05, 0) is 24.3 Å². The Hall–Kier alpha value is -2.68. The van der Waals surface area contributed by atoms with Gasteiger partial charge < -0.3 is 14.2 Å². The highest BCUT2D eigenvalue weighted by molar-refractivity contribution is 7.15. The minimum atomic E-state index is -4.40. The highest BCUT2D eigenvalue weighted by atomic mass is 35.5. The van der Waals surface area contributed by atoms with Crippen LogP contribution in [0.15, 0.2) is 42.5 Å². The molecule has 3 aromatic rings. The molecular formula is C27H29ClF3N3O3S. The molecule has 4 rings (SSSR count). The van der Waals surface area contributed by atoms with E-state index in [2.05, 4.69) is 9.88 Å². The third kappa shape index (κ3) is 8.41. The van der Waals surface area contributed by atoms with Gasteiger partial charge in [0.1, 0.15) is 23.4 Å². The van der Waals surface area contributed by atoms with Gasteiger partial charge in [-0.3, -0.25) is 4.90 Å². The van der Waals surface area contributed by atoms with Gasteiger partial charge in [-0.2, -0.15) is 18.4 Å². The van der Waals surface area contributed by atoms with Crippen molar-refractivity contribution in [2.45, 2.75) is 33.2 Å². The average molecular weight is 568 g/mol. The van der Waals surface area contributed by atoms with Crippen molar-refractivity contribution in [1.82, 2.24) is 9.88 Å². The van der Waals surface area contributed by atoms with Crippen molar-refractivity contribution in [2.24, 2.45) is 0 Å². The molecule has 0 N–H and O–H groups in total. The molecular weight excluding hydrogens is 539 g/mol.